The topological polar surface area (TPSA) is 9.86 Å². The largest absolute Gasteiger partial charge is 0.307 e. The monoisotopic (exact) mass is 610 g/mol. The van der Waals surface area contributed by atoms with Crippen LogP contribution in [0.4, 0.5) is 0 Å². The fourth-order valence-electron chi connectivity index (χ4n) is 7.68. The number of rotatable bonds is 4. The third kappa shape index (κ3) is 4.06. The Labute approximate surface area is 278 Å². The van der Waals surface area contributed by atoms with Crippen LogP contribution in [0.2, 0.25) is 0 Å². The Morgan fingerprint density at radius 3 is 1.38 bits per heavy atom. The second-order valence-electron chi connectivity index (χ2n) is 12.6. The lowest BCUT2D eigenvalue weighted by atomic mass is 10.0. The minimum absolute atomic E-state index is 1.15. The van der Waals surface area contributed by atoms with Crippen molar-refractivity contribution >= 4 is 54.4 Å². The van der Waals surface area contributed by atoms with Gasteiger partial charge in [0.2, 0.25) is 0 Å². The summed E-state index contributed by atoms with van der Waals surface area (Å²) in [7, 11) is 0. The summed E-state index contributed by atoms with van der Waals surface area (Å²) < 4.78 is 4.98. The summed E-state index contributed by atoms with van der Waals surface area (Å²) >= 11 is 0. The highest BCUT2D eigenvalue weighted by atomic mass is 15.0. The molecule has 0 aliphatic carbocycles. The third-order valence-electron chi connectivity index (χ3n) is 9.85. The van der Waals surface area contributed by atoms with Gasteiger partial charge in [0.15, 0.2) is 0 Å². The highest BCUT2D eigenvalue weighted by Gasteiger charge is 2.22. The molecule has 0 saturated heterocycles. The summed E-state index contributed by atoms with van der Waals surface area (Å²) in [4.78, 5) is 0. The van der Waals surface area contributed by atoms with Gasteiger partial charge in [-0.15, -0.1) is 0 Å². The van der Waals surface area contributed by atoms with Crippen molar-refractivity contribution in [1.82, 2.24) is 9.13 Å². The van der Waals surface area contributed by atoms with E-state index in [1.54, 1.807) is 0 Å². The van der Waals surface area contributed by atoms with Gasteiger partial charge in [-0.1, -0.05) is 140 Å². The van der Waals surface area contributed by atoms with Crippen molar-refractivity contribution in [3.05, 3.63) is 182 Å². The average molecular weight is 611 g/mol. The molecule has 8 aromatic carbocycles. The molecule has 0 unspecified atom stereocenters. The van der Waals surface area contributed by atoms with Gasteiger partial charge in [0.1, 0.15) is 0 Å². The van der Waals surface area contributed by atoms with Gasteiger partial charge in [-0.05, 0) is 75.5 Å². The van der Waals surface area contributed by atoms with Gasteiger partial charge in [0.05, 0.1) is 22.1 Å². The van der Waals surface area contributed by atoms with E-state index in [0.717, 1.165) is 11.4 Å². The zero-order valence-corrected chi connectivity index (χ0v) is 26.2. The van der Waals surface area contributed by atoms with Crippen LogP contribution >= 0.6 is 0 Å². The summed E-state index contributed by atoms with van der Waals surface area (Å²) in [6, 6.07) is 66.2. The van der Waals surface area contributed by atoms with Gasteiger partial charge in [-0.25, -0.2) is 0 Å². The Bertz CT molecular complexity index is 2820. The quantitative estimate of drug-likeness (QED) is 0.188. The number of fused-ring (bicyclic) bond motifs is 8. The minimum Gasteiger partial charge on any atom is -0.307 e. The minimum atomic E-state index is 1.15. The molecule has 0 aliphatic rings. The molecule has 2 nitrogen and oxygen atoms in total. The van der Waals surface area contributed by atoms with Gasteiger partial charge >= 0.3 is 0 Å². The molecular weight excluding hydrogens is 581 g/mol. The fraction of sp³-hybridized carbons (Fsp3) is 0. The number of hydrogen-bond acceptors (Lipinski definition) is 0. The third-order valence-corrected chi connectivity index (χ3v) is 9.85. The predicted molar refractivity (Wildman–Crippen MR) is 203 cm³/mol. The Kier molecular flexibility index (Phi) is 5.91. The molecular formula is C46H30N2. The predicted octanol–water partition coefficient (Wildman–Crippen LogP) is 12.4. The Balaban J connectivity index is 1.38. The fourth-order valence-corrected chi connectivity index (χ4v) is 7.68. The van der Waals surface area contributed by atoms with Crippen LogP contribution in [0.3, 0.4) is 0 Å². The maximum Gasteiger partial charge on any atom is 0.0788 e. The van der Waals surface area contributed by atoms with Gasteiger partial charge in [-0.2, -0.15) is 0 Å². The molecule has 0 radical (unpaired) electrons. The zero-order chi connectivity index (χ0) is 31.6. The first-order chi connectivity index (χ1) is 23.8. The van der Waals surface area contributed by atoms with Gasteiger partial charge in [0.25, 0.3) is 0 Å². The molecule has 0 spiro atoms. The van der Waals surface area contributed by atoms with E-state index in [0.29, 0.717) is 0 Å². The van der Waals surface area contributed by atoms with Crippen LogP contribution < -0.4 is 0 Å². The molecule has 224 valence electrons. The Morgan fingerprint density at radius 2 is 0.750 bits per heavy atom. The van der Waals surface area contributed by atoms with Crippen LogP contribution in [0.25, 0.3) is 88.0 Å². The van der Waals surface area contributed by atoms with Crippen LogP contribution in [-0.2, 0) is 0 Å². The van der Waals surface area contributed by atoms with Crippen molar-refractivity contribution in [2.45, 2.75) is 0 Å². The lowest BCUT2D eigenvalue weighted by molar-refractivity contribution is 1.15. The maximum absolute atomic E-state index is 2.50. The van der Waals surface area contributed by atoms with Gasteiger partial charge in [0, 0.05) is 32.9 Å². The van der Waals surface area contributed by atoms with Crippen LogP contribution in [0, 0.1) is 0 Å². The van der Waals surface area contributed by atoms with E-state index >= 15 is 0 Å². The highest BCUT2D eigenvalue weighted by Crippen LogP contribution is 2.43. The van der Waals surface area contributed by atoms with Crippen molar-refractivity contribution in [2.24, 2.45) is 0 Å². The summed E-state index contributed by atoms with van der Waals surface area (Å²) in [5, 5.41) is 7.48. The first kappa shape index (κ1) is 26.8. The lowest BCUT2D eigenvalue weighted by Gasteiger charge is -2.14. The van der Waals surface area contributed by atoms with E-state index in [9.17, 15) is 0 Å². The molecule has 10 aromatic rings. The SMILES string of the molecule is c1ccc(-c2cccc(-n3c4ccccc4c4ccc5c6cc7ccccc7cc6n(-c6cccc(-c7ccccc7)c6)c5c43)c2)cc1. The molecule has 2 aromatic heterocycles. The van der Waals surface area contributed by atoms with Crippen LogP contribution in [0.1, 0.15) is 0 Å². The maximum atomic E-state index is 2.50. The van der Waals surface area contributed by atoms with Crippen molar-refractivity contribution in [3.63, 3.8) is 0 Å². The highest BCUT2D eigenvalue weighted by molar-refractivity contribution is 6.25. The molecule has 0 N–H and O–H groups in total. The number of para-hydroxylation sites is 1. The molecule has 48 heavy (non-hydrogen) atoms. The van der Waals surface area contributed by atoms with Crippen LogP contribution in [-0.4, -0.2) is 9.13 Å². The van der Waals surface area contributed by atoms with Gasteiger partial charge < -0.3 is 9.13 Å². The molecule has 0 atom stereocenters. The van der Waals surface area contributed by atoms with E-state index in [4.69, 9.17) is 0 Å². The van der Waals surface area contributed by atoms with Crippen molar-refractivity contribution in [3.8, 4) is 33.6 Å². The Hall–Kier alpha value is -6.38. The summed E-state index contributed by atoms with van der Waals surface area (Å²) in [6.07, 6.45) is 0. The van der Waals surface area contributed by atoms with E-state index in [2.05, 4.69) is 191 Å². The number of hydrogen-bond donors (Lipinski definition) is 0. The second-order valence-corrected chi connectivity index (χ2v) is 12.6. The summed E-state index contributed by atoms with van der Waals surface area (Å²) in [5.74, 6) is 0. The van der Waals surface area contributed by atoms with E-state index < -0.39 is 0 Å². The average Bonchev–Trinajstić information content (AvgIpc) is 3.67. The molecule has 0 bridgehead atoms. The van der Waals surface area contributed by atoms with Crippen molar-refractivity contribution in [1.29, 1.82) is 0 Å². The first-order valence-corrected chi connectivity index (χ1v) is 16.5. The zero-order valence-electron chi connectivity index (χ0n) is 26.2. The standard InChI is InChI=1S/C46H30N2/c1-3-13-31(14-4-1)33-19-11-21-37(27-33)47-43-24-10-9-23-39(43)40-25-26-41-42-29-35-17-7-8-18-36(35)30-44(42)48(46(41)45(40)47)38-22-12-20-34(28-38)32-15-5-2-6-16-32/h1-30H. The number of nitrogens with zero attached hydrogens (tertiary/aromatic N) is 2. The summed E-state index contributed by atoms with van der Waals surface area (Å²) in [6.45, 7) is 0. The number of benzene rings is 8. The van der Waals surface area contributed by atoms with E-state index in [1.165, 1.54) is 76.6 Å². The van der Waals surface area contributed by atoms with Crippen LogP contribution in [0.5, 0.6) is 0 Å². The van der Waals surface area contributed by atoms with E-state index in [-0.39, 0.29) is 0 Å². The molecule has 0 fully saturated rings. The molecule has 10 rings (SSSR count). The van der Waals surface area contributed by atoms with Crippen molar-refractivity contribution < 1.29 is 0 Å². The van der Waals surface area contributed by atoms with Crippen LogP contribution in [0.15, 0.2) is 182 Å². The molecule has 0 amide bonds. The molecule has 0 saturated carbocycles. The van der Waals surface area contributed by atoms with Crippen molar-refractivity contribution in [2.75, 3.05) is 0 Å². The smallest absolute Gasteiger partial charge is 0.0788 e. The first-order valence-electron chi connectivity index (χ1n) is 16.5. The van der Waals surface area contributed by atoms with E-state index in [1.807, 2.05) is 0 Å². The molecule has 0 aliphatic heterocycles. The normalized spacial score (nSPS) is 11.8. The van der Waals surface area contributed by atoms with Gasteiger partial charge in [-0.3, -0.25) is 0 Å². The molecule has 2 heteroatoms. The molecule has 2 heterocycles. The summed E-state index contributed by atoms with van der Waals surface area (Å²) in [5.41, 5.74) is 12.0. The lowest BCUT2D eigenvalue weighted by Crippen LogP contribution is -1.99. The number of aromatic nitrogens is 2. The Morgan fingerprint density at radius 1 is 0.271 bits per heavy atom. The second kappa shape index (κ2) is 10.6.